The summed E-state index contributed by atoms with van der Waals surface area (Å²) in [6.45, 7) is 2.05. The fourth-order valence-corrected chi connectivity index (χ4v) is 1.66. The average Bonchev–Trinajstić information content (AvgIpc) is 2.22. The van der Waals surface area contributed by atoms with Gasteiger partial charge in [-0.1, -0.05) is 5.12 Å². The van der Waals surface area contributed by atoms with E-state index in [0.717, 1.165) is 13.8 Å². The Bertz CT molecular complexity index is 363. The first-order chi connectivity index (χ1) is 7.81. The van der Waals surface area contributed by atoms with Crippen molar-refractivity contribution >= 4 is 0 Å². The summed E-state index contributed by atoms with van der Waals surface area (Å²) in [4.78, 5) is 0. The Morgan fingerprint density at radius 1 is 0.944 bits per heavy atom. The molecular weight excluding hydrogens is 267 g/mol. The Balaban J connectivity index is 3.42. The van der Waals surface area contributed by atoms with Gasteiger partial charge in [0.2, 0.25) is 11.5 Å². The van der Waals surface area contributed by atoms with Gasteiger partial charge < -0.3 is 0 Å². The highest BCUT2D eigenvalue weighted by Crippen LogP contribution is 2.56. The zero-order chi connectivity index (χ0) is 14.6. The van der Waals surface area contributed by atoms with Crippen LogP contribution in [0.4, 0.5) is 30.8 Å². The van der Waals surface area contributed by atoms with Gasteiger partial charge in [0.1, 0.15) is 0 Å². The maximum atomic E-state index is 14.1. The zero-order valence-corrected chi connectivity index (χ0v) is 9.83. The van der Waals surface area contributed by atoms with E-state index in [9.17, 15) is 30.8 Å². The highest BCUT2D eigenvalue weighted by Gasteiger charge is 2.78. The van der Waals surface area contributed by atoms with Gasteiger partial charge in [-0.05, 0) is 32.9 Å². The molecule has 0 amide bonds. The molecular formula is C10H12F7N. The Morgan fingerprint density at radius 3 is 1.78 bits per heavy atom. The van der Waals surface area contributed by atoms with Crippen LogP contribution in [-0.4, -0.2) is 34.5 Å². The van der Waals surface area contributed by atoms with Crippen molar-refractivity contribution in [3.63, 3.8) is 0 Å². The lowest BCUT2D eigenvalue weighted by atomic mass is 9.79. The molecule has 1 rings (SSSR count). The molecule has 1 nitrogen and oxygen atoms in total. The van der Waals surface area contributed by atoms with Gasteiger partial charge in [0.25, 0.3) is 0 Å². The predicted molar refractivity (Wildman–Crippen MR) is 50.5 cm³/mol. The van der Waals surface area contributed by atoms with Crippen LogP contribution in [0.1, 0.15) is 20.8 Å². The summed E-state index contributed by atoms with van der Waals surface area (Å²) in [7, 11) is 0. The van der Waals surface area contributed by atoms with Crippen LogP contribution in [0.25, 0.3) is 0 Å². The summed E-state index contributed by atoms with van der Waals surface area (Å²) in [5, 5.41) is -0.841. The molecule has 0 fully saturated rings. The molecule has 0 aromatic rings. The van der Waals surface area contributed by atoms with Crippen LogP contribution in [0, 0.1) is 0 Å². The van der Waals surface area contributed by atoms with Crippen molar-refractivity contribution in [2.75, 3.05) is 0 Å². The first-order valence-corrected chi connectivity index (χ1v) is 5.10. The second-order valence-corrected chi connectivity index (χ2v) is 4.61. The summed E-state index contributed by atoms with van der Waals surface area (Å²) in [6, 6.07) is -1.31. The molecule has 0 aliphatic heterocycles. The molecule has 2 unspecified atom stereocenters. The van der Waals surface area contributed by atoms with Crippen LogP contribution in [0.3, 0.4) is 0 Å². The number of allylic oxidation sites excluding steroid dienone is 1. The summed E-state index contributed by atoms with van der Waals surface area (Å²) in [5.41, 5.74) is -4.42. The molecule has 106 valence electrons. The van der Waals surface area contributed by atoms with Gasteiger partial charge in [-0.3, -0.25) is 0 Å². The predicted octanol–water partition coefficient (Wildman–Crippen LogP) is 3.82. The highest BCUT2D eigenvalue weighted by molar-refractivity contribution is 5.27. The van der Waals surface area contributed by atoms with Crippen LogP contribution in [0.2, 0.25) is 0 Å². The maximum absolute atomic E-state index is 14.1. The van der Waals surface area contributed by atoms with Gasteiger partial charge in [-0.2, -0.15) is 17.6 Å². The third-order valence-electron chi connectivity index (χ3n) is 2.94. The van der Waals surface area contributed by atoms with Crippen molar-refractivity contribution in [2.24, 2.45) is 0 Å². The molecule has 0 bridgehead atoms. The summed E-state index contributed by atoms with van der Waals surface area (Å²) in [5.74, 6) is -14.2. The Labute approximate surface area is 99.2 Å². The van der Waals surface area contributed by atoms with E-state index in [0.29, 0.717) is 0 Å². The molecule has 0 N–H and O–H groups in total. The van der Waals surface area contributed by atoms with Gasteiger partial charge in [0, 0.05) is 6.04 Å². The van der Waals surface area contributed by atoms with E-state index in [1.165, 1.54) is 0 Å². The lowest BCUT2D eigenvalue weighted by Crippen LogP contribution is -2.70. The van der Waals surface area contributed by atoms with Gasteiger partial charge >= 0.3 is 11.8 Å². The van der Waals surface area contributed by atoms with Crippen LogP contribution in [-0.2, 0) is 0 Å². The van der Waals surface area contributed by atoms with Gasteiger partial charge in [-0.15, -0.1) is 4.48 Å². The summed E-state index contributed by atoms with van der Waals surface area (Å²) in [6.07, 6.45) is -0.715. The SMILES string of the molecule is CC(C)N(F)C1(F)C=CC(F)(F)C(F)(F)C1(C)F. The normalized spacial score (nSPS) is 38.4. The lowest BCUT2D eigenvalue weighted by molar-refractivity contribution is -0.326. The van der Waals surface area contributed by atoms with Crippen molar-refractivity contribution in [3.8, 4) is 0 Å². The van der Waals surface area contributed by atoms with Crippen molar-refractivity contribution < 1.29 is 30.8 Å². The smallest absolute Gasteiger partial charge is 0.232 e. The Kier molecular flexibility index (Phi) is 3.27. The molecule has 1 aliphatic rings. The second kappa shape index (κ2) is 3.85. The fourth-order valence-electron chi connectivity index (χ4n) is 1.66. The van der Waals surface area contributed by atoms with E-state index in [-0.39, 0.29) is 13.0 Å². The second-order valence-electron chi connectivity index (χ2n) is 4.61. The fraction of sp³-hybridized carbons (Fsp3) is 0.800. The molecule has 1 aliphatic carbocycles. The van der Waals surface area contributed by atoms with Crippen LogP contribution in [0.15, 0.2) is 12.2 Å². The molecule has 0 spiro atoms. The minimum atomic E-state index is -5.37. The third kappa shape index (κ3) is 1.64. The van der Waals surface area contributed by atoms with E-state index < -0.39 is 40.5 Å². The molecule has 8 heteroatoms. The maximum Gasteiger partial charge on any atom is 0.351 e. The topological polar surface area (TPSA) is 3.24 Å². The number of halogens is 7. The first-order valence-electron chi connectivity index (χ1n) is 5.10. The molecule has 0 aromatic heterocycles. The third-order valence-corrected chi connectivity index (χ3v) is 2.94. The monoisotopic (exact) mass is 279 g/mol. The van der Waals surface area contributed by atoms with Crippen molar-refractivity contribution in [2.45, 2.75) is 50.1 Å². The van der Waals surface area contributed by atoms with E-state index in [1.807, 2.05) is 0 Å². The van der Waals surface area contributed by atoms with Gasteiger partial charge in [0.05, 0.1) is 0 Å². The quantitative estimate of drug-likeness (QED) is 0.321. The lowest BCUT2D eigenvalue weighted by Gasteiger charge is -2.47. The molecule has 0 saturated carbocycles. The van der Waals surface area contributed by atoms with E-state index in [4.69, 9.17) is 0 Å². The number of hydrogen-bond acceptors (Lipinski definition) is 1. The van der Waals surface area contributed by atoms with Crippen molar-refractivity contribution in [3.05, 3.63) is 12.2 Å². The molecule has 18 heavy (non-hydrogen) atoms. The summed E-state index contributed by atoms with van der Waals surface area (Å²) < 4.78 is 93.8. The minimum Gasteiger partial charge on any atom is -0.232 e. The molecule has 0 aromatic carbocycles. The largest absolute Gasteiger partial charge is 0.351 e. The van der Waals surface area contributed by atoms with Crippen molar-refractivity contribution in [1.82, 2.24) is 5.12 Å². The van der Waals surface area contributed by atoms with E-state index in [1.54, 1.807) is 0 Å². The molecule has 0 radical (unpaired) electrons. The molecule has 2 atom stereocenters. The van der Waals surface area contributed by atoms with E-state index >= 15 is 0 Å². The van der Waals surface area contributed by atoms with Gasteiger partial charge in [0.15, 0.2) is 0 Å². The first kappa shape index (κ1) is 15.3. The zero-order valence-electron chi connectivity index (χ0n) is 9.83. The Morgan fingerprint density at radius 2 is 1.39 bits per heavy atom. The van der Waals surface area contributed by atoms with Crippen LogP contribution in [0.5, 0.6) is 0 Å². The Hall–Kier alpha value is -0.790. The molecule has 0 saturated heterocycles. The summed E-state index contributed by atoms with van der Waals surface area (Å²) >= 11 is 0. The average molecular weight is 279 g/mol. The highest BCUT2D eigenvalue weighted by atomic mass is 19.3. The number of nitrogens with zero attached hydrogens (tertiary/aromatic N) is 1. The minimum absolute atomic E-state index is 0.0840. The number of alkyl halides is 6. The van der Waals surface area contributed by atoms with Crippen LogP contribution >= 0.6 is 0 Å². The number of hydrogen-bond donors (Lipinski definition) is 0. The van der Waals surface area contributed by atoms with Gasteiger partial charge in [-0.25, -0.2) is 8.78 Å². The number of rotatable bonds is 2. The molecule has 0 heterocycles. The van der Waals surface area contributed by atoms with E-state index in [2.05, 4.69) is 0 Å². The standard InChI is InChI=1S/C10H12F7N/c1-6(2)18(17)9(14)5-4-8(12,13)10(15,16)7(9,3)11/h4-6H,1-3H3. The van der Waals surface area contributed by atoms with Crippen LogP contribution < -0.4 is 0 Å². The van der Waals surface area contributed by atoms with Crippen molar-refractivity contribution in [1.29, 1.82) is 0 Å².